The number of nitrogens with one attached hydrogen (secondary N) is 2. The second kappa shape index (κ2) is 8.59. The molecule has 0 amide bonds. The third-order valence-electron chi connectivity index (χ3n) is 3.63. The summed E-state index contributed by atoms with van der Waals surface area (Å²) < 4.78 is 27.3. The van der Waals surface area contributed by atoms with E-state index in [9.17, 15) is 18.5 Å². The molecule has 0 saturated carbocycles. The van der Waals surface area contributed by atoms with E-state index in [0.717, 1.165) is 24.5 Å². The van der Waals surface area contributed by atoms with Gasteiger partial charge in [-0.1, -0.05) is 43.7 Å². The summed E-state index contributed by atoms with van der Waals surface area (Å²) in [6.07, 6.45) is 1.83. The van der Waals surface area contributed by atoms with Crippen LogP contribution < -0.4 is 10.0 Å². The zero-order valence-corrected chi connectivity index (χ0v) is 14.8. The summed E-state index contributed by atoms with van der Waals surface area (Å²) in [5.74, 6) is 0. The summed E-state index contributed by atoms with van der Waals surface area (Å²) in [6.45, 7) is 2.73. The first-order chi connectivity index (χ1) is 11.9. The van der Waals surface area contributed by atoms with E-state index >= 15 is 0 Å². The van der Waals surface area contributed by atoms with Crippen molar-refractivity contribution in [2.45, 2.75) is 31.2 Å². The highest BCUT2D eigenvalue weighted by atomic mass is 32.2. The van der Waals surface area contributed by atoms with Crippen LogP contribution in [0, 0.1) is 10.1 Å². The van der Waals surface area contributed by atoms with Gasteiger partial charge in [-0.25, -0.2) is 13.1 Å². The number of hydrogen-bond donors (Lipinski definition) is 2. The van der Waals surface area contributed by atoms with Crippen LogP contribution >= 0.6 is 0 Å². The lowest BCUT2D eigenvalue weighted by molar-refractivity contribution is -0.384. The predicted octanol–water partition coefficient (Wildman–Crippen LogP) is 3.29. The van der Waals surface area contributed by atoms with Gasteiger partial charge in [0.2, 0.25) is 10.0 Å². The molecule has 8 heteroatoms. The monoisotopic (exact) mass is 363 g/mol. The molecule has 0 heterocycles. The van der Waals surface area contributed by atoms with Crippen LogP contribution in [-0.4, -0.2) is 19.9 Å². The number of hydrogen-bond acceptors (Lipinski definition) is 5. The number of nitrogens with zero attached hydrogens (tertiary/aromatic N) is 1. The highest BCUT2D eigenvalue weighted by molar-refractivity contribution is 7.89. The molecule has 0 bridgehead atoms. The van der Waals surface area contributed by atoms with Crippen molar-refractivity contribution in [1.29, 1.82) is 0 Å². The summed E-state index contributed by atoms with van der Waals surface area (Å²) in [5, 5.41) is 14.2. The van der Waals surface area contributed by atoms with Gasteiger partial charge >= 0.3 is 0 Å². The first-order valence-electron chi connectivity index (χ1n) is 8.00. The van der Waals surface area contributed by atoms with E-state index < -0.39 is 14.9 Å². The fraction of sp³-hybridized carbons (Fsp3) is 0.294. The number of sulfonamides is 1. The van der Waals surface area contributed by atoms with E-state index in [1.165, 1.54) is 12.1 Å². The lowest BCUT2D eigenvalue weighted by Gasteiger charge is -2.10. The molecule has 2 aromatic carbocycles. The molecule has 2 aromatic rings. The van der Waals surface area contributed by atoms with Crippen molar-refractivity contribution >= 4 is 21.4 Å². The van der Waals surface area contributed by atoms with Gasteiger partial charge in [-0.05, 0) is 24.1 Å². The van der Waals surface area contributed by atoms with Gasteiger partial charge in [0.05, 0.1) is 9.82 Å². The highest BCUT2D eigenvalue weighted by Crippen LogP contribution is 2.27. The molecular formula is C17H21N3O4S. The number of rotatable bonds is 9. The Hall–Kier alpha value is -2.45. The number of benzene rings is 2. The molecular weight excluding hydrogens is 342 g/mol. The number of nitro benzene ring substituents is 1. The van der Waals surface area contributed by atoms with Gasteiger partial charge in [0.1, 0.15) is 5.69 Å². The molecule has 0 aliphatic carbocycles. The van der Waals surface area contributed by atoms with Crippen LogP contribution in [-0.2, 0) is 16.6 Å². The van der Waals surface area contributed by atoms with Crippen molar-refractivity contribution in [2.75, 3.05) is 11.9 Å². The Morgan fingerprint density at radius 1 is 1.12 bits per heavy atom. The van der Waals surface area contributed by atoms with E-state index in [1.54, 1.807) is 12.1 Å². The lowest BCUT2D eigenvalue weighted by atomic mass is 10.2. The SMILES string of the molecule is CCCCNc1ccc(S(=O)(=O)NCc2ccccc2)cc1[N+](=O)[O-]. The van der Waals surface area contributed by atoms with Crippen molar-refractivity contribution in [3.63, 3.8) is 0 Å². The van der Waals surface area contributed by atoms with Gasteiger partial charge in [-0.3, -0.25) is 10.1 Å². The van der Waals surface area contributed by atoms with Crippen molar-refractivity contribution in [2.24, 2.45) is 0 Å². The van der Waals surface area contributed by atoms with Crippen LogP contribution in [0.4, 0.5) is 11.4 Å². The molecule has 7 nitrogen and oxygen atoms in total. The predicted molar refractivity (Wildman–Crippen MR) is 97.0 cm³/mol. The molecule has 134 valence electrons. The molecule has 25 heavy (non-hydrogen) atoms. The van der Waals surface area contributed by atoms with Crippen LogP contribution in [0.25, 0.3) is 0 Å². The standard InChI is InChI=1S/C17H21N3O4S/c1-2-3-11-18-16-10-9-15(12-17(16)20(21)22)25(23,24)19-13-14-7-5-4-6-8-14/h4-10,12,18-19H,2-3,11,13H2,1H3. The molecule has 0 atom stereocenters. The summed E-state index contributed by atoms with van der Waals surface area (Å²) >= 11 is 0. The van der Waals surface area contributed by atoms with Crippen LogP contribution in [0.2, 0.25) is 0 Å². The minimum absolute atomic E-state index is 0.119. The highest BCUT2D eigenvalue weighted by Gasteiger charge is 2.21. The minimum atomic E-state index is -3.84. The maximum atomic E-state index is 12.4. The normalized spacial score (nSPS) is 11.2. The zero-order chi connectivity index (χ0) is 18.3. The molecule has 0 unspecified atom stereocenters. The lowest BCUT2D eigenvalue weighted by Crippen LogP contribution is -2.23. The Balaban J connectivity index is 2.19. The number of anilines is 1. The molecule has 0 aromatic heterocycles. The summed E-state index contributed by atoms with van der Waals surface area (Å²) in [7, 11) is -3.84. The van der Waals surface area contributed by atoms with Crippen LogP contribution in [0.5, 0.6) is 0 Å². The molecule has 0 fully saturated rings. The van der Waals surface area contributed by atoms with E-state index in [0.29, 0.717) is 12.2 Å². The minimum Gasteiger partial charge on any atom is -0.379 e. The van der Waals surface area contributed by atoms with E-state index in [1.807, 2.05) is 25.1 Å². The molecule has 0 radical (unpaired) electrons. The first kappa shape index (κ1) is 18.9. The van der Waals surface area contributed by atoms with Crippen molar-refractivity contribution in [3.05, 3.63) is 64.2 Å². The van der Waals surface area contributed by atoms with Gasteiger partial charge in [0.25, 0.3) is 5.69 Å². The topological polar surface area (TPSA) is 101 Å². The zero-order valence-electron chi connectivity index (χ0n) is 13.9. The van der Waals surface area contributed by atoms with Crippen molar-refractivity contribution in [3.8, 4) is 0 Å². The Labute approximate surface area is 147 Å². The number of unbranched alkanes of at least 4 members (excludes halogenated alkanes) is 1. The Bertz CT molecular complexity index is 823. The average Bonchev–Trinajstić information content (AvgIpc) is 2.61. The van der Waals surface area contributed by atoms with Gasteiger partial charge in [-0.15, -0.1) is 0 Å². The van der Waals surface area contributed by atoms with E-state index in [-0.39, 0.29) is 17.1 Å². The average molecular weight is 363 g/mol. The number of nitro groups is 1. The Morgan fingerprint density at radius 3 is 2.48 bits per heavy atom. The van der Waals surface area contributed by atoms with Crippen LogP contribution in [0.1, 0.15) is 25.3 Å². The van der Waals surface area contributed by atoms with Crippen LogP contribution in [0.15, 0.2) is 53.4 Å². The Kier molecular flexibility index (Phi) is 6.49. The largest absolute Gasteiger partial charge is 0.379 e. The summed E-state index contributed by atoms with van der Waals surface area (Å²) in [6, 6.07) is 12.9. The van der Waals surface area contributed by atoms with Crippen molar-refractivity contribution in [1.82, 2.24) is 4.72 Å². The van der Waals surface area contributed by atoms with E-state index in [2.05, 4.69) is 10.0 Å². The maximum Gasteiger partial charge on any atom is 0.293 e. The fourth-order valence-corrected chi connectivity index (χ4v) is 3.27. The van der Waals surface area contributed by atoms with Crippen molar-refractivity contribution < 1.29 is 13.3 Å². The quantitative estimate of drug-likeness (QED) is 0.404. The second-order valence-electron chi connectivity index (χ2n) is 5.53. The first-order valence-corrected chi connectivity index (χ1v) is 9.48. The molecule has 0 spiro atoms. The fourth-order valence-electron chi connectivity index (χ4n) is 2.24. The second-order valence-corrected chi connectivity index (χ2v) is 7.29. The molecule has 0 aliphatic rings. The molecule has 0 saturated heterocycles. The smallest absolute Gasteiger partial charge is 0.293 e. The van der Waals surface area contributed by atoms with Crippen LogP contribution in [0.3, 0.4) is 0 Å². The summed E-state index contributed by atoms with van der Waals surface area (Å²) in [4.78, 5) is 10.6. The van der Waals surface area contributed by atoms with Gasteiger partial charge < -0.3 is 5.32 Å². The molecule has 0 aliphatic heterocycles. The van der Waals surface area contributed by atoms with Gasteiger partial charge in [0.15, 0.2) is 0 Å². The van der Waals surface area contributed by atoms with Gasteiger partial charge in [-0.2, -0.15) is 0 Å². The molecule has 2 N–H and O–H groups in total. The maximum absolute atomic E-state index is 12.4. The summed E-state index contributed by atoms with van der Waals surface area (Å²) in [5.41, 5.74) is 0.873. The van der Waals surface area contributed by atoms with Gasteiger partial charge in [0, 0.05) is 19.2 Å². The van der Waals surface area contributed by atoms with E-state index in [4.69, 9.17) is 0 Å². The molecule has 2 rings (SSSR count). The third-order valence-corrected chi connectivity index (χ3v) is 5.03. The Morgan fingerprint density at radius 2 is 1.84 bits per heavy atom. The third kappa shape index (κ3) is 5.27.